The third-order valence-corrected chi connectivity index (χ3v) is 3.79. The van der Waals surface area contributed by atoms with Crippen LogP contribution in [0.25, 0.3) is 0 Å². The lowest BCUT2D eigenvalue weighted by molar-refractivity contribution is 0.237. The van der Waals surface area contributed by atoms with Crippen LogP contribution in [0, 0.1) is 6.92 Å². The van der Waals surface area contributed by atoms with Gasteiger partial charge in [-0.2, -0.15) is 0 Å². The second-order valence-corrected chi connectivity index (χ2v) is 5.64. The van der Waals surface area contributed by atoms with Gasteiger partial charge in [0.05, 0.1) is 12.6 Å². The van der Waals surface area contributed by atoms with Gasteiger partial charge in [-0.1, -0.05) is 15.9 Å². The quantitative estimate of drug-likeness (QED) is 0.876. The number of nitrogens with zero attached hydrogens (tertiary/aromatic N) is 1. The second-order valence-electron chi connectivity index (χ2n) is 4.73. The Hall–Kier alpha value is -0.580. The van der Waals surface area contributed by atoms with E-state index in [9.17, 15) is 5.11 Å². The fourth-order valence-electron chi connectivity index (χ4n) is 2.36. The van der Waals surface area contributed by atoms with Crippen molar-refractivity contribution >= 4 is 21.6 Å². The average Bonchev–Trinajstić information content (AvgIpc) is 2.29. The number of aliphatic hydroxyl groups excluding tert-OH is 1. The summed E-state index contributed by atoms with van der Waals surface area (Å²) in [7, 11) is 0. The number of halogens is 1. The number of anilines is 1. The first-order chi connectivity index (χ1) is 8.11. The van der Waals surface area contributed by atoms with Crippen LogP contribution in [0.5, 0.6) is 0 Å². The molecular weight excluding hydrogens is 280 g/mol. The van der Waals surface area contributed by atoms with E-state index in [1.54, 1.807) is 0 Å². The van der Waals surface area contributed by atoms with E-state index in [0.29, 0.717) is 6.04 Å². The van der Waals surface area contributed by atoms with Gasteiger partial charge < -0.3 is 15.3 Å². The SMILES string of the molecule is Cc1cc(Br)ccc1N1CC(C)NCC1CO. The van der Waals surface area contributed by atoms with Crippen LogP contribution in [0.1, 0.15) is 12.5 Å². The molecule has 4 heteroatoms. The summed E-state index contributed by atoms with van der Waals surface area (Å²) in [6, 6.07) is 6.94. The highest BCUT2D eigenvalue weighted by atomic mass is 79.9. The molecule has 0 saturated carbocycles. The van der Waals surface area contributed by atoms with Gasteiger partial charge in [0, 0.05) is 29.3 Å². The predicted molar refractivity (Wildman–Crippen MR) is 74.6 cm³/mol. The Balaban J connectivity index is 2.28. The van der Waals surface area contributed by atoms with E-state index in [0.717, 1.165) is 17.6 Å². The summed E-state index contributed by atoms with van der Waals surface area (Å²) in [6.07, 6.45) is 0. The van der Waals surface area contributed by atoms with Crippen LogP contribution in [0.2, 0.25) is 0 Å². The first kappa shape index (κ1) is 12.9. The molecule has 17 heavy (non-hydrogen) atoms. The van der Waals surface area contributed by atoms with Crippen molar-refractivity contribution in [2.45, 2.75) is 25.9 Å². The van der Waals surface area contributed by atoms with Gasteiger partial charge in [-0.05, 0) is 37.6 Å². The Labute approximate surface area is 111 Å². The van der Waals surface area contributed by atoms with E-state index in [4.69, 9.17) is 0 Å². The van der Waals surface area contributed by atoms with Gasteiger partial charge in [0.1, 0.15) is 0 Å². The van der Waals surface area contributed by atoms with Crippen molar-refractivity contribution in [1.29, 1.82) is 0 Å². The number of aliphatic hydroxyl groups is 1. The lowest BCUT2D eigenvalue weighted by atomic mass is 10.1. The molecule has 0 aromatic heterocycles. The number of piperazine rings is 1. The zero-order valence-corrected chi connectivity index (χ0v) is 11.9. The molecule has 0 amide bonds. The van der Waals surface area contributed by atoms with Crippen molar-refractivity contribution in [1.82, 2.24) is 5.32 Å². The molecule has 3 nitrogen and oxygen atoms in total. The minimum Gasteiger partial charge on any atom is -0.394 e. The molecule has 2 unspecified atom stereocenters. The number of rotatable bonds is 2. The van der Waals surface area contributed by atoms with Crippen molar-refractivity contribution in [3.8, 4) is 0 Å². The maximum Gasteiger partial charge on any atom is 0.0647 e. The molecule has 2 rings (SSSR count). The van der Waals surface area contributed by atoms with Gasteiger partial charge in [0.2, 0.25) is 0 Å². The summed E-state index contributed by atoms with van der Waals surface area (Å²) in [5.41, 5.74) is 2.47. The van der Waals surface area contributed by atoms with Gasteiger partial charge in [-0.15, -0.1) is 0 Å². The van der Waals surface area contributed by atoms with Crippen LogP contribution < -0.4 is 10.2 Å². The van der Waals surface area contributed by atoms with Gasteiger partial charge >= 0.3 is 0 Å². The largest absolute Gasteiger partial charge is 0.394 e. The number of hydrogen-bond acceptors (Lipinski definition) is 3. The molecule has 1 fully saturated rings. The zero-order valence-electron chi connectivity index (χ0n) is 10.3. The van der Waals surface area contributed by atoms with E-state index in [-0.39, 0.29) is 12.6 Å². The van der Waals surface area contributed by atoms with Crippen molar-refractivity contribution in [3.05, 3.63) is 28.2 Å². The molecule has 0 aliphatic carbocycles. The number of hydrogen-bond donors (Lipinski definition) is 2. The van der Waals surface area contributed by atoms with Crippen molar-refractivity contribution < 1.29 is 5.11 Å². The Bertz CT molecular complexity index is 397. The predicted octanol–water partition coefficient (Wildman–Crippen LogP) is 1.92. The molecular formula is C13H19BrN2O. The van der Waals surface area contributed by atoms with Crippen LogP contribution in [0.4, 0.5) is 5.69 Å². The van der Waals surface area contributed by atoms with Gasteiger partial charge in [0.15, 0.2) is 0 Å². The van der Waals surface area contributed by atoms with Crippen LogP contribution in [0.15, 0.2) is 22.7 Å². The van der Waals surface area contributed by atoms with Crippen molar-refractivity contribution in [2.75, 3.05) is 24.6 Å². The monoisotopic (exact) mass is 298 g/mol. The molecule has 1 heterocycles. The highest BCUT2D eigenvalue weighted by Gasteiger charge is 2.26. The summed E-state index contributed by atoms with van der Waals surface area (Å²) < 4.78 is 1.10. The lowest BCUT2D eigenvalue weighted by Gasteiger charge is -2.40. The Kier molecular flexibility index (Phi) is 4.07. The van der Waals surface area contributed by atoms with Crippen LogP contribution in [0.3, 0.4) is 0 Å². The van der Waals surface area contributed by atoms with Crippen molar-refractivity contribution in [2.24, 2.45) is 0 Å². The maximum absolute atomic E-state index is 9.46. The molecule has 1 aromatic rings. The third kappa shape index (κ3) is 2.81. The molecule has 0 bridgehead atoms. The molecule has 1 aliphatic rings. The lowest BCUT2D eigenvalue weighted by Crippen LogP contribution is -2.57. The van der Waals surface area contributed by atoms with Gasteiger partial charge in [-0.25, -0.2) is 0 Å². The van der Waals surface area contributed by atoms with Crippen LogP contribution in [-0.4, -0.2) is 36.9 Å². The smallest absolute Gasteiger partial charge is 0.0647 e. The minimum absolute atomic E-state index is 0.172. The summed E-state index contributed by atoms with van der Waals surface area (Å²) in [5.74, 6) is 0. The van der Waals surface area contributed by atoms with E-state index in [2.05, 4.69) is 58.2 Å². The standard InChI is InChI=1S/C13H19BrN2O/c1-9-5-11(14)3-4-13(9)16-7-10(2)15-6-12(16)8-17/h3-5,10,12,15,17H,6-8H2,1-2H3. The number of aryl methyl sites for hydroxylation is 1. The summed E-state index contributed by atoms with van der Waals surface area (Å²) in [5, 5.41) is 12.9. The van der Waals surface area contributed by atoms with Crippen molar-refractivity contribution in [3.63, 3.8) is 0 Å². The summed E-state index contributed by atoms with van der Waals surface area (Å²) >= 11 is 3.48. The molecule has 0 spiro atoms. The first-order valence-electron chi connectivity index (χ1n) is 5.99. The van der Waals surface area contributed by atoms with Gasteiger partial charge in [0.25, 0.3) is 0 Å². The summed E-state index contributed by atoms with van der Waals surface area (Å²) in [6.45, 7) is 6.26. The van der Waals surface area contributed by atoms with Crippen LogP contribution >= 0.6 is 15.9 Å². The topological polar surface area (TPSA) is 35.5 Å². The number of nitrogens with one attached hydrogen (secondary N) is 1. The molecule has 1 aliphatic heterocycles. The molecule has 2 N–H and O–H groups in total. The highest BCUT2D eigenvalue weighted by molar-refractivity contribution is 9.10. The first-order valence-corrected chi connectivity index (χ1v) is 6.78. The van der Waals surface area contributed by atoms with Gasteiger partial charge in [-0.3, -0.25) is 0 Å². The van der Waals surface area contributed by atoms with E-state index in [1.165, 1.54) is 11.3 Å². The third-order valence-electron chi connectivity index (χ3n) is 3.29. The summed E-state index contributed by atoms with van der Waals surface area (Å²) in [4.78, 5) is 2.31. The molecule has 1 aromatic carbocycles. The molecule has 1 saturated heterocycles. The Morgan fingerprint density at radius 1 is 1.53 bits per heavy atom. The number of benzene rings is 1. The zero-order chi connectivity index (χ0) is 12.4. The molecule has 0 radical (unpaired) electrons. The normalized spacial score (nSPS) is 25.1. The second kappa shape index (κ2) is 5.38. The Morgan fingerprint density at radius 2 is 2.29 bits per heavy atom. The minimum atomic E-state index is 0.172. The maximum atomic E-state index is 9.46. The molecule has 94 valence electrons. The van der Waals surface area contributed by atoms with Crippen LogP contribution in [-0.2, 0) is 0 Å². The van der Waals surface area contributed by atoms with E-state index >= 15 is 0 Å². The van der Waals surface area contributed by atoms with E-state index < -0.39 is 0 Å². The van der Waals surface area contributed by atoms with E-state index in [1.807, 2.05) is 0 Å². The fraction of sp³-hybridized carbons (Fsp3) is 0.538. The Morgan fingerprint density at radius 3 is 2.94 bits per heavy atom. The average molecular weight is 299 g/mol. The highest BCUT2D eigenvalue weighted by Crippen LogP contribution is 2.26. The fourth-order valence-corrected chi connectivity index (χ4v) is 2.83. The molecule has 2 atom stereocenters.